The number of carbonyl (C=O) groups is 2. The molecule has 108 valence electrons. The van der Waals surface area contributed by atoms with E-state index in [2.05, 4.69) is 10.3 Å². The maximum absolute atomic E-state index is 11.8. The lowest BCUT2D eigenvalue weighted by atomic mass is 10.2. The van der Waals surface area contributed by atoms with Crippen LogP contribution in [0.2, 0.25) is 0 Å². The van der Waals surface area contributed by atoms with E-state index in [9.17, 15) is 9.59 Å². The van der Waals surface area contributed by atoms with Gasteiger partial charge in [0.2, 0.25) is 0 Å². The van der Waals surface area contributed by atoms with Gasteiger partial charge in [-0.15, -0.1) is 0 Å². The summed E-state index contributed by atoms with van der Waals surface area (Å²) in [6.07, 6.45) is 1.35. The molecule has 0 saturated heterocycles. The molecule has 2 rings (SSSR count). The number of nitrogens with zero attached hydrogens (tertiary/aromatic N) is 1. The Labute approximate surface area is 121 Å². The van der Waals surface area contributed by atoms with Crippen LogP contribution in [0, 0.1) is 6.92 Å². The van der Waals surface area contributed by atoms with Crippen LogP contribution in [-0.2, 0) is 4.79 Å². The van der Waals surface area contributed by atoms with Gasteiger partial charge in [-0.2, -0.15) is 0 Å². The first-order chi connectivity index (χ1) is 10.1. The number of anilines is 1. The summed E-state index contributed by atoms with van der Waals surface area (Å²) in [5.74, 6) is -1.09. The molecule has 21 heavy (non-hydrogen) atoms. The molecule has 1 aromatic carbocycles. The Balaban J connectivity index is 1.96. The minimum atomic E-state index is -1.20. The molecule has 0 aliphatic carbocycles. The van der Waals surface area contributed by atoms with Gasteiger partial charge in [0, 0.05) is 6.20 Å². The quantitative estimate of drug-likeness (QED) is 0.878. The highest BCUT2D eigenvalue weighted by Crippen LogP contribution is 2.13. The Morgan fingerprint density at radius 2 is 1.95 bits per heavy atom. The van der Waals surface area contributed by atoms with Crippen LogP contribution in [0.15, 0.2) is 42.6 Å². The van der Waals surface area contributed by atoms with Crippen molar-refractivity contribution in [3.63, 3.8) is 0 Å². The predicted molar refractivity (Wildman–Crippen MR) is 76.5 cm³/mol. The van der Waals surface area contributed by atoms with E-state index in [1.54, 1.807) is 18.2 Å². The van der Waals surface area contributed by atoms with Gasteiger partial charge in [0.05, 0.1) is 5.69 Å². The summed E-state index contributed by atoms with van der Waals surface area (Å²) >= 11 is 0. The number of carboxylic acids is 1. The van der Waals surface area contributed by atoms with Crippen molar-refractivity contribution in [1.82, 2.24) is 4.98 Å². The molecule has 6 heteroatoms. The molecule has 0 aliphatic rings. The molecule has 1 heterocycles. The fourth-order valence-electron chi connectivity index (χ4n) is 1.65. The molecule has 0 unspecified atom stereocenters. The number of ether oxygens (including phenoxy) is 1. The van der Waals surface area contributed by atoms with Gasteiger partial charge < -0.3 is 15.2 Å². The molecule has 0 fully saturated rings. The number of aromatic nitrogens is 1. The van der Waals surface area contributed by atoms with Crippen molar-refractivity contribution in [2.75, 3.05) is 11.9 Å². The minimum absolute atomic E-state index is 0.141. The number of pyridine rings is 1. The molecule has 6 nitrogen and oxygen atoms in total. The summed E-state index contributed by atoms with van der Waals surface area (Å²) in [5, 5.41) is 11.4. The van der Waals surface area contributed by atoms with Crippen LogP contribution in [0.1, 0.15) is 16.1 Å². The summed E-state index contributed by atoms with van der Waals surface area (Å²) in [6, 6.07) is 10.3. The van der Waals surface area contributed by atoms with Crippen molar-refractivity contribution in [2.24, 2.45) is 0 Å². The zero-order chi connectivity index (χ0) is 15.2. The summed E-state index contributed by atoms with van der Waals surface area (Å²) in [6.45, 7) is 1.74. The van der Waals surface area contributed by atoms with E-state index in [-0.39, 0.29) is 18.0 Å². The second kappa shape index (κ2) is 6.51. The SMILES string of the molecule is Cc1ccc(OCC(=O)Nc2cccnc2C(=O)O)cc1. The van der Waals surface area contributed by atoms with Gasteiger partial charge in [0.15, 0.2) is 12.3 Å². The smallest absolute Gasteiger partial charge is 0.356 e. The second-order valence-electron chi connectivity index (χ2n) is 4.35. The number of nitrogens with one attached hydrogen (secondary N) is 1. The molecule has 0 radical (unpaired) electrons. The van der Waals surface area contributed by atoms with Crippen molar-refractivity contribution in [2.45, 2.75) is 6.92 Å². The molecule has 2 N–H and O–H groups in total. The number of aryl methyl sites for hydroxylation is 1. The van der Waals surface area contributed by atoms with Crippen molar-refractivity contribution >= 4 is 17.6 Å². The van der Waals surface area contributed by atoms with Crippen LogP contribution in [0.25, 0.3) is 0 Å². The second-order valence-corrected chi connectivity index (χ2v) is 4.35. The first kappa shape index (κ1) is 14.5. The molecule has 0 aliphatic heterocycles. The zero-order valence-electron chi connectivity index (χ0n) is 11.4. The maximum Gasteiger partial charge on any atom is 0.356 e. The van der Waals surface area contributed by atoms with Gasteiger partial charge in [0.1, 0.15) is 5.75 Å². The topological polar surface area (TPSA) is 88.5 Å². The van der Waals surface area contributed by atoms with Gasteiger partial charge in [-0.05, 0) is 31.2 Å². The predicted octanol–water partition coefficient (Wildman–Crippen LogP) is 2.11. The fourth-order valence-corrected chi connectivity index (χ4v) is 1.65. The van der Waals surface area contributed by atoms with E-state index in [4.69, 9.17) is 9.84 Å². The van der Waals surface area contributed by atoms with Crippen LogP contribution in [0.5, 0.6) is 5.75 Å². The molecule has 1 amide bonds. The van der Waals surface area contributed by atoms with E-state index >= 15 is 0 Å². The first-order valence-electron chi connectivity index (χ1n) is 6.24. The number of aromatic carboxylic acids is 1. The van der Waals surface area contributed by atoms with Gasteiger partial charge >= 0.3 is 5.97 Å². The van der Waals surface area contributed by atoms with E-state index in [0.29, 0.717) is 5.75 Å². The Bertz CT molecular complexity index is 653. The maximum atomic E-state index is 11.8. The molecule has 2 aromatic rings. The van der Waals surface area contributed by atoms with Crippen LogP contribution >= 0.6 is 0 Å². The summed E-state index contributed by atoms with van der Waals surface area (Å²) in [4.78, 5) is 26.4. The average molecular weight is 286 g/mol. The van der Waals surface area contributed by atoms with E-state index in [1.165, 1.54) is 12.3 Å². The highest BCUT2D eigenvalue weighted by Gasteiger charge is 2.13. The Morgan fingerprint density at radius 1 is 1.24 bits per heavy atom. The third kappa shape index (κ3) is 4.04. The molecule has 1 aromatic heterocycles. The number of amides is 1. The molecule has 0 atom stereocenters. The van der Waals surface area contributed by atoms with E-state index in [1.807, 2.05) is 19.1 Å². The van der Waals surface area contributed by atoms with Gasteiger partial charge in [-0.1, -0.05) is 17.7 Å². The number of carbonyl (C=O) groups excluding carboxylic acids is 1. The minimum Gasteiger partial charge on any atom is -0.484 e. The molecular formula is C15H14N2O4. The number of rotatable bonds is 5. The van der Waals surface area contributed by atoms with E-state index in [0.717, 1.165) is 5.56 Å². The first-order valence-corrected chi connectivity index (χ1v) is 6.24. The van der Waals surface area contributed by atoms with Crippen molar-refractivity contribution < 1.29 is 19.4 Å². The van der Waals surface area contributed by atoms with Gasteiger partial charge in [0.25, 0.3) is 5.91 Å². The Morgan fingerprint density at radius 3 is 2.62 bits per heavy atom. The van der Waals surface area contributed by atoms with Crippen LogP contribution < -0.4 is 10.1 Å². The van der Waals surface area contributed by atoms with Crippen LogP contribution in [0.3, 0.4) is 0 Å². The normalized spacial score (nSPS) is 9.95. The number of benzene rings is 1. The van der Waals surface area contributed by atoms with Crippen LogP contribution in [-0.4, -0.2) is 28.6 Å². The van der Waals surface area contributed by atoms with Crippen molar-refractivity contribution in [1.29, 1.82) is 0 Å². The third-order valence-electron chi connectivity index (χ3n) is 2.68. The number of hydrogen-bond acceptors (Lipinski definition) is 4. The monoisotopic (exact) mass is 286 g/mol. The summed E-state index contributed by atoms with van der Waals surface area (Å²) in [5.41, 5.74) is 1.02. The lowest BCUT2D eigenvalue weighted by Crippen LogP contribution is -2.22. The fraction of sp³-hybridized carbons (Fsp3) is 0.133. The number of hydrogen-bond donors (Lipinski definition) is 2. The van der Waals surface area contributed by atoms with Gasteiger partial charge in [-0.3, -0.25) is 4.79 Å². The largest absolute Gasteiger partial charge is 0.484 e. The lowest BCUT2D eigenvalue weighted by molar-refractivity contribution is -0.118. The molecule has 0 bridgehead atoms. The lowest BCUT2D eigenvalue weighted by Gasteiger charge is -2.09. The number of carboxylic acid groups (broad SMARTS) is 1. The standard InChI is InChI=1S/C15H14N2O4/c1-10-4-6-11(7-5-10)21-9-13(18)17-12-3-2-8-16-14(12)15(19)20/h2-8H,9H2,1H3,(H,17,18)(H,19,20). The summed E-state index contributed by atoms with van der Waals surface area (Å²) in [7, 11) is 0. The zero-order valence-corrected chi connectivity index (χ0v) is 11.4. The van der Waals surface area contributed by atoms with Gasteiger partial charge in [-0.25, -0.2) is 9.78 Å². The molecule has 0 saturated carbocycles. The van der Waals surface area contributed by atoms with E-state index < -0.39 is 11.9 Å². The Hall–Kier alpha value is -2.89. The summed E-state index contributed by atoms with van der Waals surface area (Å²) < 4.78 is 5.32. The van der Waals surface area contributed by atoms with Crippen molar-refractivity contribution in [3.05, 3.63) is 53.9 Å². The van der Waals surface area contributed by atoms with Crippen molar-refractivity contribution in [3.8, 4) is 5.75 Å². The highest BCUT2D eigenvalue weighted by atomic mass is 16.5. The highest BCUT2D eigenvalue weighted by molar-refractivity contribution is 5.99. The molecule has 0 spiro atoms. The average Bonchev–Trinajstić information content (AvgIpc) is 2.47. The third-order valence-corrected chi connectivity index (χ3v) is 2.68. The Kier molecular flexibility index (Phi) is 4.50. The van der Waals surface area contributed by atoms with Crippen LogP contribution in [0.4, 0.5) is 5.69 Å². The molecular weight excluding hydrogens is 272 g/mol.